The number of benzene rings is 3. The normalized spacial score (nSPS) is 14.5. The van der Waals surface area contributed by atoms with Crippen LogP contribution in [0.3, 0.4) is 0 Å². The molecule has 1 saturated heterocycles. The van der Waals surface area contributed by atoms with Gasteiger partial charge >= 0.3 is 0 Å². The number of ether oxygens (including phenoxy) is 2. The highest BCUT2D eigenvalue weighted by atomic mass is 35.5. The topological polar surface area (TPSA) is 33.7 Å². The molecular formula is C26H32Cl2N2O2. The van der Waals surface area contributed by atoms with Gasteiger partial charge in [0, 0.05) is 32.2 Å². The molecule has 0 bridgehead atoms. The summed E-state index contributed by atoms with van der Waals surface area (Å²) in [5.74, 6) is 3.08. The van der Waals surface area contributed by atoms with Gasteiger partial charge in [-0.15, -0.1) is 24.8 Å². The van der Waals surface area contributed by atoms with E-state index < -0.39 is 0 Å². The Morgan fingerprint density at radius 2 is 1.34 bits per heavy atom. The lowest BCUT2D eigenvalue weighted by Gasteiger charge is -2.35. The van der Waals surface area contributed by atoms with E-state index in [4.69, 9.17) is 9.47 Å². The maximum absolute atomic E-state index is 6.28. The van der Waals surface area contributed by atoms with Crippen LogP contribution in [-0.2, 0) is 0 Å². The zero-order valence-electron chi connectivity index (χ0n) is 18.4. The van der Waals surface area contributed by atoms with E-state index in [2.05, 4.69) is 29.3 Å². The lowest BCUT2D eigenvalue weighted by Crippen LogP contribution is -2.45. The van der Waals surface area contributed by atoms with Crippen molar-refractivity contribution >= 4 is 24.8 Å². The fraction of sp³-hybridized carbons (Fsp3) is 0.308. The monoisotopic (exact) mass is 474 g/mol. The molecule has 3 aromatic rings. The summed E-state index contributed by atoms with van der Waals surface area (Å²) < 4.78 is 12.5. The van der Waals surface area contributed by atoms with Crippen LogP contribution in [-0.4, -0.2) is 31.1 Å². The number of hydrogen-bond acceptors (Lipinski definition) is 4. The molecule has 1 aliphatic rings. The summed E-state index contributed by atoms with van der Waals surface area (Å²) in [5, 5.41) is 3.46. The van der Waals surface area contributed by atoms with Crippen LogP contribution >= 0.6 is 24.8 Å². The summed E-state index contributed by atoms with van der Waals surface area (Å²) in [6.45, 7) is 6.48. The van der Waals surface area contributed by atoms with Crippen molar-refractivity contribution < 1.29 is 9.47 Å². The number of rotatable bonds is 8. The Bertz CT molecular complexity index is 920. The van der Waals surface area contributed by atoms with Gasteiger partial charge in [-0.3, -0.25) is 4.90 Å². The number of nitrogens with one attached hydrogen (secondary N) is 1. The number of piperazine rings is 1. The first-order valence-corrected chi connectivity index (χ1v) is 10.9. The molecular weight excluding hydrogens is 443 g/mol. The second kappa shape index (κ2) is 13.3. The van der Waals surface area contributed by atoms with Gasteiger partial charge in [-0.25, -0.2) is 0 Å². The number of halogens is 2. The van der Waals surface area contributed by atoms with Crippen molar-refractivity contribution in [3.05, 3.63) is 84.4 Å². The molecule has 3 aromatic carbocycles. The lowest BCUT2D eigenvalue weighted by molar-refractivity contribution is 0.164. The van der Waals surface area contributed by atoms with Gasteiger partial charge in [0.15, 0.2) is 11.5 Å². The Balaban J connectivity index is 0.00000181. The summed E-state index contributed by atoms with van der Waals surface area (Å²) in [7, 11) is 0. The zero-order valence-corrected chi connectivity index (χ0v) is 20.0. The summed E-state index contributed by atoms with van der Waals surface area (Å²) in [6, 6.07) is 26.5. The third-order valence-electron chi connectivity index (χ3n) is 5.45. The molecule has 0 amide bonds. The van der Waals surface area contributed by atoms with E-state index in [1.165, 1.54) is 5.56 Å². The molecule has 32 heavy (non-hydrogen) atoms. The lowest BCUT2D eigenvalue weighted by atomic mass is 9.99. The predicted octanol–water partition coefficient (Wildman–Crippen LogP) is 6.86. The standard InChI is InChI=1S/C26H30N2O2.2ClH/c1-2-9-24(28-18-16-27-17-19-28)21-14-15-25(29-22-10-5-3-6-11-22)26(20-21)30-23-12-7-4-8-13-23;;/h3-8,10-15,20,24,27H,2,9,16-19H2,1H3;2*1H/t24-;;/m0../s1. The highest BCUT2D eigenvalue weighted by Crippen LogP contribution is 2.38. The van der Waals surface area contributed by atoms with E-state index in [-0.39, 0.29) is 24.8 Å². The van der Waals surface area contributed by atoms with E-state index in [0.29, 0.717) is 6.04 Å². The zero-order chi connectivity index (χ0) is 20.6. The van der Waals surface area contributed by atoms with Crippen LogP contribution in [0, 0.1) is 0 Å². The van der Waals surface area contributed by atoms with Gasteiger partial charge < -0.3 is 14.8 Å². The number of nitrogens with zero attached hydrogens (tertiary/aromatic N) is 1. The molecule has 1 fully saturated rings. The minimum absolute atomic E-state index is 0. The van der Waals surface area contributed by atoms with Gasteiger partial charge in [-0.05, 0) is 48.4 Å². The van der Waals surface area contributed by atoms with E-state index >= 15 is 0 Å². The average molecular weight is 475 g/mol. The molecule has 6 heteroatoms. The van der Waals surface area contributed by atoms with Crippen LogP contribution in [0.15, 0.2) is 78.9 Å². The molecule has 4 nitrogen and oxygen atoms in total. The Labute approximate surface area is 203 Å². The van der Waals surface area contributed by atoms with E-state index in [0.717, 1.165) is 62.0 Å². The maximum Gasteiger partial charge on any atom is 0.170 e. The Morgan fingerprint density at radius 1 is 0.781 bits per heavy atom. The first-order chi connectivity index (χ1) is 14.8. The van der Waals surface area contributed by atoms with Crippen molar-refractivity contribution in [1.82, 2.24) is 10.2 Å². The van der Waals surface area contributed by atoms with Crippen LogP contribution in [0.2, 0.25) is 0 Å². The van der Waals surface area contributed by atoms with Crippen molar-refractivity contribution in [2.45, 2.75) is 25.8 Å². The van der Waals surface area contributed by atoms with Gasteiger partial charge in [-0.1, -0.05) is 55.8 Å². The van der Waals surface area contributed by atoms with Crippen LogP contribution in [0.5, 0.6) is 23.0 Å². The smallest absolute Gasteiger partial charge is 0.170 e. The van der Waals surface area contributed by atoms with Crippen LogP contribution in [0.25, 0.3) is 0 Å². The van der Waals surface area contributed by atoms with Gasteiger partial charge in [-0.2, -0.15) is 0 Å². The minimum Gasteiger partial charge on any atom is -0.453 e. The minimum atomic E-state index is 0. The first kappa shape index (κ1) is 26.0. The van der Waals surface area contributed by atoms with Gasteiger partial charge in [0.1, 0.15) is 11.5 Å². The fourth-order valence-electron chi connectivity index (χ4n) is 3.95. The van der Waals surface area contributed by atoms with Crippen LogP contribution in [0.4, 0.5) is 0 Å². The van der Waals surface area contributed by atoms with Crippen molar-refractivity contribution in [1.29, 1.82) is 0 Å². The van der Waals surface area contributed by atoms with Crippen LogP contribution in [0.1, 0.15) is 31.4 Å². The molecule has 0 unspecified atom stereocenters. The maximum atomic E-state index is 6.28. The van der Waals surface area contributed by atoms with Gasteiger partial charge in [0.25, 0.3) is 0 Å². The summed E-state index contributed by atoms with van der Waals surface area (Å²) >= 11 is 0. The SMILES string of the molecule is CCC[C@@H](c1ccc(Oc2ccccc2)c(Oc2ccccc2)c1)N1CCNCC1.Cl.Cl. The van der Waals surface area contributed by atoms with Gasteiger partial charge in [0.05, 0.1) is 0 Å². The largest absolute Gasteiger partial charge is 0.453 e. The molecule has 4 rings (SSSR count). The van der Waals surface area contributed by atoms with Crippen LogP contribution < -0.4 is 14.8 Å². The van der Waals surface area contributed by atoms with E-state index in [9.17, 15) is 0 Å². The second-order valence-corrected chi connectivity index (χ2v) is 7.63. The molecule has 1 aliphatic heterocycles. The molecule has 0 saturated carbocycles. The molecule has 1 N–H and O–H groups in total. The number of para-hydroxylation sites is 2. The second-order valence-electron chi connectivity index (χ2n) is 7.63. The first-order valence-electron chi connectivity index (χ1n) is 10.9. The third kappa shape index (κ3) is 6.88. The summed E-state index contributed by atoms with van der Waals surface area (Å²) in [4.78, 5) is 2.58. The number of hydrogen-bond donors (Lipinski definition) is 1. The highest BCUT2D eigenvalue weighted by Gasteiger charge is 2.23. The third-order valence-corrected chi connectivity index (χ3v) is 5.45. The van der Waals surface area contributed by atoms with Gasteiger partial charge in [0.2, 0.25) is 0 Å². The Kier molecular flexibility index (Phi) is 10.8. The molecule has 1 heterocycles. The summed E-state index contributed by atoms with van der Waals surface area (Å²) in [6.07, 6.45) is 2.27. The molecule has 0 spiro atoms. The molecule has 0 radical (unpaired) electrons. The average Bonchev–Trinajstić information content (AvgIpc) is 2.81. The predicted molar refractivity (Wildman–Crippen MR) is 136 cm³/mol. The Morgan fingerprint density at radius 3 is 1.91 bits per heavy atom. The Hall–Kier alpha value is -2.24. The molecule has 0 aliphatic carbocycles. The van der Waals surface area contributed by atoms with Crippen molar-refractivity contribution in [2.75, 3.05) is 26.2 Å². The van der Waals surface area contributed by atoms with E-state index in [1.807, 2.05) is 66.7 Å². The quantitative estimate of drug-likeness (QED) is 0.386. The molecule has 1 atom stereocenters. The fourth-order valence-corrected chi connectivity index (χ4v) is 3.95. The van der Waals surface area contributed by atoms with E-state index in [1.54, 1.807) is 0 Å². The highest BCUT2D eigenvalue weighted by molar-refractivity contribution is 5.85. The summed E-state index contributed by atoms with van der Waals surface area (Å²) in [5.41, 5.74) is 1.28. The molecule has 0 aromatic heterocycles. The van der Waals surface area contributed by atoms with Crippen molar-refractivity contribution in [3.8, 4) is 23.0 Å². The van der Waals surface area contributed by atoms with Crippen molar-refractivity contribution in [3.63, 3.8) is 0 Å². The van der Waals surface area contributed by atoms with Crippen molar-refractivity contribution in [2.24, 2.45) is 0 Å². The molecule has 172 valence electrons.